The number of aromatic nitrogens is 2. The standard InChI is InChI=1S/C14H21N3O/c1-16(10-6-3-7-11-18)14-15-12-8-4-5-9-13(12)17(14)2/h4-5,8-9,18H,3,6-7,10-11H2,1-2H3. The maximum absolute atomic E-state index is 8.76. The lowest BCUT2D eigenvalue weighted by Crippen LogP contribution is -2.21. The van der Waals surface area contributed by atoms with Crippen LogP contribution < -0.4 is 4.90 Å². The van der Waals surface area contributed by atoms with Gasteiger partial charge in [-0.25, -0.2) is 4.98 Å². The number of para-hydroxylation sites is 2. The summed E-state index contributed by atoms with van der Waals surface area (Å²) in [5, 5.41) is 8.76. The quantitative estimate of drug-likeness (QED) is 0.795. The Hall–Kier alpha value is -1.55. The molecule has 0 aliphatic heterocycles. The van der Waals surface area contributed by atoms with Gasteiger partial charge in [0.15, 0.2) is 0 Å². The van der Waals surface area contributed by atoms with Gasteiger partial charge in [0.2, 0.25) is 5.95 Å². The molecular weight excluding hydrogens is 226 g/mol. The average molecular weight is 247 g/mol. The van der Waals surface area contributed by atoms with E-state index in [4.69, 9.17) is 5.11 Å². The molecule has 0 radical (unpaired) electrons. The molecule has 2 aromatic rings. The fourth-order valence-corrected chi connectivity index (χ4v) is 2.21. The summed E-state index contributed by atoms with van der Waals surface area (Å²) in [4.78, 5) is 6.83. The summed E-state index contributed by atoms with van der Waals surface area (Å²) >= 11 is 0. The van der Waals surface area contributed by atoms with Crippen molar-refractivity contribution >= 4 is 17.0 Å². The fraction of sp³-hybridized carbons (Fsp3) is 0.500. The van der Waals surface area contributed by atoms with Gasteiger partial charge in [0.05, 0.1) is 11.0 Å². The lowest BCUT2D eigenvalue weighted by Gasteiger charge is -2.17. The van der Waals surface area contributed by atoms with E-state index < -0.39 is 0 Å². The van der Waals surface area contributed by atoms with Gasteiger partial charge in [0, 0.05) is 27.2 Å². The predicted octanol–water partition coefficient (Wildman–Crippen LogP) is 2.17. The molecule has 1 aromatic carbocycles. The Morgan fingerprint density at radius 3 is 2.72 bits per heavy atom. The molecule has 2 rings (SSSR count). The molecule has 4 nitrogen and oxygen atoms in total. The van der Waals surface area contributed by atoms with Gasteiger partial charge in [0.25, 0.3) is 0 Å². The zero-order valence-electron chi connectivity index (χ0n) is 11.1. The Morgan fingerprint density at radius 2 is 2.00 bits per heavy atom. The Balaban J connectivity index is 2.08. The van der Waals surface area contributed by atoms with E-state index in [2.05, 4.69) is 34.6 Å². The Labute approximate surface area is 108 Å². The Bertz CT molecular complexity index is 507. The normalized spacial score (nSPS) is 11.1. The maximum Gasteiger partial charge on any atom is 0.206 e. The van der Waals surface area contributed by atoms with Crippen molar-refractivity contribution < 1.29 is 5.11 Å². The highest BCUT2D eigenvalue weighted by atomic mass is 16.2. The van der Waals surface area contributed by atoms with Crippen LogP contribution in [0.25, 0.3) is 11.0 Å². The second-order valence-corrected chi connectivity index (χ2v) is 4.67. The number of nitrogens with zero attached hydrogens (tertiary/aromatic N) is 3. The summed E-state index contributed by atoms with van der Waals surface area (Å²) in [5.74, 6) is 1.00. The van der Waals surface area contributed by atoms with E-state index in [0.29, 0.717) is 0 Å². The molecule has 0 amide bonds. The highest BCUT2D eigenvalue weighted by Crippen LogP contribution is 2.20. The number of aliphatic hydroxyl groups excluding tert-OH is 1. The first kappa shape index (κ1) is 12.9. The summed E-state index contributed by atoms with van der Waals surface area (Å²) in [6, 6.07) is 8.18. The topological polar surface area (TPSA) is 41.3 Å². The molecule has 18 heavy (non-hydrogen) atoms. The molecule has 1 N–H and O–H groups in total. The van der Waals surface area contributed by atoms with Crippen molar-refractivity contribution in [2.45, 2.75) is 19.3 Å². The van der Waals surface area contributed by atoms with E-state index >= 15 is 0 Å². The van der Waals surface area contributed by atoms with Crippen LogP contribution in [0.15, 0.2) is 24.3 Å². The van der Waals surface area contributed by atoms with Gasteiger partial charge in [-0.1, -0.05) is 12.1 Å². The second-order valence-electron chi connectivity index (χ2n) is 4.67. The number of rotatable bonds is 6. The lowest BCUT2D eigenvalue weighted by molar-refractivity contribution is 0.283. The van der Waals surface area contributed by atoms with Gasteiger partial charge in [-0.2, -0.15) is 0 Å². The monoisotopic (exact) mass is 247 g/mol. The van der Waals surface area contributed by atoms with Gasteiger partial charge in [0.1, 0.15) is 0 Å². The van der Waals surface area contributed by atoms with Crippen LogP contribution in [0.1, 0.15) is 19.3 Å². The lowest BCUT2D eigenvalue weighted by atomic mass is 10.2. The minimum absolute atomic E-state index is 0.288. The third kappa shape index (κ3) is 2.64. The van der Waals surface area contributed by atoms with Gasteiger partial charge in [-0.3, -0.25) is 0 Å². The van der Waals surface area contributed by atoms with E-state index in [9.17, 15) is 0 Å². The molecule has 0 saturated carbocycles. The average Bonchev–Trinajstić information content (AvgIpc) is 2.73. The molecule has 0 fully saturated rings. The summed E-state index contributed by atoms with van der Waals surface area (Å²) < 4.78 is 2.13. The second kappa shape index (κ2) is 5.87. The largest absolute Gasteiger partial charge is 0.396 e. The van der Waals surface area contributed by atoms with Crippen LogP contribution >= 0.6 is 0 Å². The van der Waals surface area contributed by atoms with Crippen molar-refractivity contribution in [3.63, 3.8) is 0 Å². The Morgan fingerprint density at radius 1 is 1.22 bits per heavy atom. The number of imidazole rings is 1. The number of fused-ring (bicyclic) bond motifs is 1. The minimum atomic E-state index is 0.288. The molecular formula is C14H21N3O. The highest BCUT2D eigenvalue weighted by Gasteiger charge is 2.10. The first-order valence-corrected chi connectivity index (χ1v) is 6.47. The smallest absolute Gasteiger partial charge is 0.206 e. The van der Waals surface area contributed by atoms with E-state index in [1.807, 2.05) is 18.2 Å². The van der Waals surface area contributed by atoms with Gasteiger partial charge in [-0.05, 0) is 31.4 Å². The first-order valence-electron chi connectivity index (χ1n) is 6.47. The molecule has 0 aliphatic carbocycles. The molecule has 0 atom stereocenters. The fourth-order valence-electron chi connectivity index (χ4n) is 2.21. The number of hydrogen-bond donors (Lipinski definition) is 1. The summed E-state index contributed by atoms with van der Waals surface area (Å²) in [6.07, 6.45) is 3.03. The minimum Gasteiger partial charge on any atom is -0.396 e. The van der Waals surface area contributed by atoms with E-state index in [1.54, 1.807) is 0 Å². The van der Waals surface area contributed by atoms with E-state index in [-0.39, 0.29) is 6.61 Å². The molecule has 0 saturated heterocycles. The maximum atomic E-state index is 8.76. The highest BCUT2D eigenvalue weighted by molar-refractivity contribution is 5.78. The SMILES string of the molecule is CN(CCCCCO)c1nc2ccccc2n1C. The van der Waals surface area contributed by atoms with Gasteiger partial charge in [-0.15, -0.1) is 0 Å². The third-order valence-electron chi connectivity index (χ3n) is 3.26. The number of aliphatic hydroxyl groups is 1. The van der Waals surface area contributed by atoms with Crippen molar-refractivity contribution in [1.82, 2.24) is 9.55 Å². The summed E-state index contributed by atoms with van der Waals surface area (Å²) in [6.45, 7) is 1.26. The van der Waals surface area contributed by atoms with E-state index in [1.165, 1.54) is 0 Å². The zero-order valence-corrected chi connectivity index (χ0v) is 11.1. The van der Waals surface area contributed by atoms with Crippen molar-refractivity contribution in [1.29, 1.82) is 0 Å². The molecule has 0 unspecified atom stereocenters. The molecule has 0 aliphatic rings. The van der Waals surface area contributed by atoms with Gasteiger partial charge >= 0.3 is 0 Å². The molecule has 0 bridgehead atoms. The van der Waals surface area contributed by atoms with Crippen LogP contribution in [0.3, 0.4) is 0 Å². The van der Waals surface area contributed by atoms with Crippen molar-refractivity contribution in [3.8, 4) is 0 Å². The van der Waals surface area contributed by atoms with Crippen molar-refractivity contribution in [3.05, 3.63) is 24.3 Å². The van der Waals surface area contributed by atoms with Crippen LogP contribution in [0.5, 0.6) is 0 Å². The summed E-state index contributed by atoms with van der Waals surface area (Å²) in [5.41, 5.74) is 2.20. The number of benzene rings is 1. The van der Waals surface area contributed by atoms with Crippen LogP contribution in [0.2, 0.25) is 0 Å². The number of anilines is 1. The van der Waals surface area contributed by atoms with Crippen molar-refractivity contribution in [2.24, 2.45) is 7.05 Å². The van der Waals surface area contributed by atoms with Crippen LogP contribution in [0, 0.1) is 0 Å². The van der Waals surface area contributed by atoms with Crippen LogP contribution in [-0.2, 0) is 7.05 Å². The molecule has 98 valence electrons. The Kier molecular flexibility index (Phi) is 4.20. The first-order chi connectivity index (χ1) is 8.74. The molecule has 1 aromatic heterocycles. The van der Waals surface area contributed by atoms with Gasteiger partial charge < -0.3 is 14.6 Å². The number of hydrogen-bond acceptors (Lipinski definition) is 3. The molecule has 1 heterocycles. The molecule has 0 spiro atoms. The number of aryl methyl sites for hydroxylation is 1. The molecule has 4 heteroatoms. The van der Waals surface area contributed by atoms with Crippen LogP contribution in [0.4, 0.5) is 5.95 Å². The van der Waals surface area contributed by atoms with E-state index in [0.717, 1.165) is 42.8 Å². The van der Waals surface area contributed by atoms with Crippen molar-refractivity contribution in [2.75, 3.05) is 25.1 Å². The third-order valence-corrected chi connectivity index (χ3v) is 3.26. The van der Waals surface area contributed by atoms with Crippen LogP contribution in [-0.4, -0.2) is 34.9 Å². The zero-order chi connectivity index (χ0) is 13.0. The number of unbranched alkanes of at least 4 members (excludes halogenated alkanes) is 2. The summed E-state index contributed by atoms with van der Waals surface area (Å²) in [7, 11) is 4.12. The predicted molar refractivity (Wildman–Crippen MR) is 74.9 cm³/mol.